The van der Waals surface area contributed by atoms with Crippen molar-refractivity contribution >= 4 is 12.0 Å². The molecule has 31 heavy (non-hydrogen) atoms. The molecule has 0 unspecified atom stereocenters. The molecule has 1 heterocycles. The van der Waals surface area contributed by atoms with Crippen molar-refractivity contribution in [3.63, 3.8) is 0 Å². The van der Waals surface area contributed by atoms with Crippen molar-refractivity contribution in [1.29, 1.82) is 5.26 Å². The number of carbonyl (C=O) groups excluding carboxylic acids is 1. The van der Waals surface area contributed by atoms with Crippen molar-refractivity contribution in [3.8, 4) is 17.2 Å². The van der Waals surface area contributed by atoms with Gasteiger partial charge in [-0.2, -0.15) is 5.26 Å². The van der Waals surface area contributed by atoms with Crippen LogP contribution in [0.25, 0.3) is 17.2 Å². The summed E-state index contributed by atoms with van der Waals surface area (Å²) >= 11 is 0. The molecule has 4 rings (SSSR count). The second-order valence-corrected chi connectivity index (χ2v) is 8.46. The first kappa shape index (κ1) is 20.7. The predicted molar refractivity (Wildman–Crippen MR) is 122 cm³/mol. The Morgan fingerprint density at radius 3 is 2.23 bits per heavy atom. The van der Waals surface area contributed by atoms with E-state index in [1.54, 1.807) is 6.08 Å². The molecule has 0 radical (unpaired) electrons. The van der Waals surface area contributed by atoms with Crippen LogP contribution in [-0.2, 0) is 16.1 Å². The SMILES string of the molecule is Cc1cc(/C=C(\C#N)C(=O)OC2c3ccccc3-c3ccccc32)c(C)n1CC(C)C. The minimum Gasteiger partial charge on any atom is -0.448 e. The molecule has 1 aromatic heterocycles. The Morgan fingerprint density at radius 1 is 1.10 bits per heavy atom. The van der Waals surface area contributed by atoms with E-state index in [1.165, 1.54) is 0 Å². The van der Waals surface area contributed by atoms with Crippen molar-refractivity contribution in [2.75, 3.05) is 0 Å². The Balaban J connectivity index is 1.65. The fourth-order valence-corrected chi connectivity index (χ4v) is 4.32. The third kappa shape index (κ3) is 3.80. The van der Waals surface area contributed by atoms with Crippen molar-refractivity contribution in [1.82, 2.24) is 4.57 Å². The number of aryl methyl sites for hydroxylation is 1. The number of benzene rings is 2. The molecule has 0 spiro atoms. The molecule has 3 aromatic rings. The zero-order valence-corrected chi connectivity index (χ0v) is 18.3. The second kappa shape index (κ2) is 8.28. The van der Waals surface area contributed by atoms with E-state index in [1.807, 2.05) is 74.5 Å². The van der Waals surface area contributed by atoms with Crippen LogP contribution >= 0.6 is 0 Å². The Kier molecular flexibility index (Phi) is 5.52. The second-order valence-electron chi connectivity index (χ2n) is 8.46. The van der Waals surface area contributed by atoms with Crippen LogP contribution in [0.2, 0.25) is 0 Å². The van der Waals surface area contributed by atoms with Crippen LogP contribution in [0.1, 0.15) is 48.0 Å². The van der Waals surface area contributed by atoms with Crippen molar-refractivity contribution in [2.24, 2.45) is 5.92 Å². The van der Waals surface area contributed by atoms with Crippen LogP contribution in [0.4, 0.5) is 0 Å². The zero-order chi connectivity index (χ0) is 22.1. The highest BCUT2D eigenvalue weighted by atomic mass is 16.5. The largest absolute Gasteiger partial charge is 0.448 e. The number of esters is 1. The third-order valence-corrected chi connectivity index (χ3v) is 5.80. The molecule has 0 aliphatic heterocycles. The molecule has 2 aromatic carbocycles. The molecule has 1 aliphatic rings. The minimum absolute atomic E-state index is 0.00617. The van der Waals surface area contributed by atoms with E-state index in [2.05, 4.69) is 18.4 Å². The number of ether oxygens (including phenoxy) is 1. The topological polar surface area (TPSA) is 55.0 Å². The molecule has 0 saturated heterocycles. The van der Waals surface area contributed by atoms with Crippen LogP contribution in [0.15, 0.2) is 60.2 Å². The third-order valence-electron chi connectivity index (χ3n) is 5.80. The Hall–Kier alpha value is -3.58. The molecule has 0 atom stereocenters. The van der Waals surface area contributed by atoms with Gasteiger partial charge in [-0.05, 0) is 48.6 Å². The number of nitriles is 1. The maximum atomic E-state index is 13.0. The standard InChI is InChI=1S/C27H26N2O2/c1-17(2)16-29-18(3)13-20(19(29)4)14-21(15-28)27(30)31-26-24-11-7-5-9-22(24)23-10-6-8-12-25(23)26/h5-14,17,26H,16H2,1-4H3/b21-14+. The number of hydrogen-bond acceptors (Lipinski definition) is 3. The fraction of sp³-hybridized carbons (Fsp3) is 0.259. The molecule has 156 valence electrons. The molecule has 4 nitrogen and oxygen atoms in total. The Morgan fingerprint density at radius 2 is 1.68 bits per heavy atom. The van der Waals surface area contributed by atoms with Crippen molar-refractivity contribution < 1.29 is 9.53 Å². The molecule has 0 saturated carbocycles. The highest BCUT2D eigenvalue weighted by Crippen LogP contribution is 2.45. The molecule has 1 aliphatic carbocycles. The highest BCUT2D eigenvalue weighted by Gasteiger charge is 2.31. The van der Waals surface area contributed by atoms with E-state index < -0.39 is 12.1 Å². The van der Waals surface area contributed by atoms with Gasteiger partial charge in [0.25, 0.3) is 0 Å². The van der Waals surface area contributed by atoms with Gasteiger partial charge < -0.3 is 9.30 Å². The highest BCUT2D eigenvalue weighted by molar-refractivity contribution is 5.98. The predicted octanol–water partition coefficient (Wildman–Crippen LogP) is 5.98. The molecular weight excluding hydrogens is 384 g/mol. The summed E-state index contributed by atoms with van der Waals surface area (Å²) in [5.41, 5.74) is 7.07. The summed E-state index contributed by atoms with van der Waals surface area (Å²) in [7, 11) is 0. The maximum absolute atomic E-state index is 13.0. The lowest BCUT2D eigenvalue weighted by atomic mass is 10.1. The average Bonchev–Trinajstić information content (AvgIpc) is 3.21. The van der Waals surface area contributed by atoms with Crippen LogP contribution < -0.4 is 0 Å². The molecular formula is C27H26N2O2. The van der Waals surface area contributed by atoms with Crippen molar-refractivity contribution in [3.05, 3.63) is 88.2 Å². The number of nitrogens with zero attached hydrogens (tertiary/aromatic N) is 2. The van der Waals surface area contributed by atoms with E-state index in [9.17, 15) is 10.1 Å². The number of aromatic nitrogens is 1. The summed E-state index contributed by atoms with van der Waals surface area (Å²) in [6.07, 6.45) is 1.14. The maximum Gasteiger partial charge on any atom is 0.349 e. The van der Waals surface area contributed by atoms with Gasteiger partial charge in [-0.15, -0.1) is 0 Å². The molecule has 0 bridgehead atoms. The van der Waals surface area contributed by atoms with Crippen LogP contribution in [0, 0.1) is 31.1 Å². The fourth-order valence-electron chi connectivity index (χ4n) is 4.32. The zero-order valence-electron chi connectivity index (χ0n) is 18.3. The van der Waals surface area contributed by atoms with Gasteiger partial charge in [0, 0.05) is 29.1 Å². The molecule has 0 fully saturated rings. The van der Waals surface area contributed by atoms with Gasteiger partial charge in [0.2, 0.25) is 0 Å². The number of carbonyl (C=O) groups is 1. The Bertz CT molecular complexity index is 1180. The summed E-state index contributed by atoms with van der Waals surface area (Å²) in [4.78, 5) is 13.0. The lowest BCUT2D eigenvalue weighted by Gasteiger charge is -2.15. The Labute approximate surface area is 183 Å². The summed E-state index contributed by atoms with van der Waals surface area (Å²) in [5, 5.41) is 9.71. The van der Waals surface area contributed by atoms with Gasteiger partial charge in [-0.3, -0.25) is 0 Å². The van der Waals surface area contributed by atoms with Gasteiger partial charge in [-0.25, -0.2) is 4.79 Å². The number of fused-ring (bicyclic) bond motifs is 3. The van der Waals surface area contributed by atoms with Crippen LogP contribution in [0.5, 0.6) is 0 Å². The molecule has 0 amide bonds. The number of rotatable bonds is 5. The minimum atomic E-state index is -0.604. The molecule has 4 heteroatoms. The average molecular weight is 411 g/mol. The first-order valence-electron chi connectivity index (χ1n) is 10.6. The smallest absolute Gasteiger partial charge is 0.349 e. The quantitative estimate of drug-likeness (QED) is 0.295. The monoisotopic (exact) mass is 410 g/mol. The van der Waals surface area contributed by atoms with E-state index in [4.69, 9.17) is 4.74 Å². The van der Waals surface area contributed by atoms with Gasteiger partial charge >= 0.3 is 5.97 Å². The summed E-state index contributed by atoms with van der Waals surface area (Å²) in [6, 6.07) is 19.9. The van der Waals surface area contributed by atoms with E-state index >= 15 is 0 Å². The number of hydrogen-bond donors (Lipinski definition) is 0. The lowest BCUT2D eigenvalue weighted by Crippen LogP contribution is -2.12. The van der Waals surface area contributed by atoms with Crippen LogP contribution in [-0.4, -0.2) is 10.5 Å². The lowest BCUT2D eigenvalue weighted by molar-refractivity contribution is -0.142. The van der Waals surface area contributed by atoms with E-state index in [0.29, 0.717) is 5.92 Å². The van der Waals surface area contributed by atoms with Gasteiger partial charge in [0.05, 0.1) is 0 Å². The summed E-state index contributed by atoms with van der Waals surface area (Å²) < 4.78 is 8.12. The van der Waals surface area contributed by atoms with Crippen LogP contribution in [0.3, 0.4) is 0 Å². The summed E-state index contributed by atoms with van der Waals surface area (Å²) in [6.45, 7) is 9.30. The molecule has 0 N–H and O–H groups in total. The van der Waals surface area contributed by atoms with Gasteiger partial charge in [0.1, 0.15) is 11.6 Å². The van der Waals surface area contributed by atoms with Gasteiger partial charge in [-0.1, -0.05) is 62.4 Å². The summed E-state index contributed by atoms with van der Waals surface area (Å²) in [5.74, 6) is -0.0998. The van der Waals surface area contributed by atoms with E-state index in [-0.39, 0.29) is 5.57 Å². The normalized spacial score (nSPS) is 13.1. The van der Waals surface area contributed by atoms with Crippen molar-refractivity contribution in [2.45, 2.75) is 40.3 Å². The first-order chi connectivity index (χ1) is 14.9. The van der Waals surface area contributed by atoms with E-state index in [0.717, 1.165) is 45.7 Å². The van der Waals surface area contributed by atoms with Gasteiger partial charge in [0.15, 0.2) is 6.10 Å². The first-order valence-corrected chi connectivity index (χ1v) is 10.6.